The van der Waals surface area contributed by atoms with Gasteiger partial charge in [-0.15, -0.1) is 0 Å². The summed E-state index contributed by atoms with van der Waals surface area (Å²) in [6.45, 7) is 1.90. The van der Waals surface area contributed by atoms with Crippen molar-refractivity contribution >= 4 is 5.65 Å². The molecule has 0 aliphatic rings. The minimum absolute atomic E-state index is 0.0880. The smallest absolute Gasteiger partial charge is 0.155 e. The number of nitrogens with zero attached hydrogens (tertiary/aromatic N) is 3. The second-order valence-corrected chi connectivity index (χ2v) is 6.01. The number of rotatable bonds is 3. The number of fused-ring (bicyclic) bond motifs is 1. The van der Waals surface area contributed by atoms with Crippen molar-refractivity contribution in [3.8, 4) is 39.6 Å². The average Bonchev–Trinajstić information content (AvgIpc) is 3.02. The van der Waals surface area contributed by atoms with Crippen molar-refractivity contribution in [3.05, 3.63) is 60.4 Å². The van der Waals surface area contributed by atoms with E-state index in [1.807, 2.05) is 13.0 Å². The average molecular weight is 347 g/mol. The fourth-order valence-corrected chi connectivity index (χ4v) is 3.00. The normalized spacial score (nSPS) is 11.0. The SMILES string of the molecule is COc1ccc(-c2c(-c3ccc(O)cc3)cnc3cc(C)nn23)c(O)c1. The number of ether oxygens (including phenoxy) is 1. The maximum Gasteiger partial charge on any atom is 0.155 e. The van der Waals surface area contributed by atoms with Crippen molar-refractivity contribution in [2.75, 3.05) is 7.11 Å². The van der Waals surface area contributed by atoms with Gasteiger partial charge < -0.3 is 14.9 Å². The second kappa shape index (κ2) is 6.07. The fourth-order valence-electron chi connectivity index (χ4n) is 3.00. The number of methoxy groups -OCH3 is 1. The van der Waals surface area contributed by atoms with Crippen molar-refractivity contribution in [1.29, 1.82) is 0 Å². The summed E-state index contributed by atoms with van der Waals surface area (Å²) in [7, 11) is 1.55. The van der Waals surface area contributed by atoms with Gasteiger partial charge in [-0.3, -0.25) is 0 Å². The summed E-state index contributed by atoms with van der Waals surface area (Å²) in [6, 6.07) is 13.9. The van der Waals surface area contributed by atoms with Gasteiger partial charge in [0, 0.05) is 29.5 Å². The highest BCUT2D eigenvalue weighted by Crippen LogP contribution is 2.38. The largest absolute Gasteiger partial charge is 0.508 e. The molecule has 2 aromatic carbocycles. The lowest BCUT2D eigenvalue weighted by atomic mass is 10.00. The Bertz CT molecular complexity index is 1100. The number of phenolic OH excluding ortho intramolecular Hbond substituents is 2. The molecule has 0 aliphatic heterocycles. The third kappa shape index (κ3) is 2.61. The molecule has 0 spiro atoms. The lowest BCUT2D eigenvalue weighted by Gasteiger charge is -2.14. The summed E-state index contributed by atoms with van der Waals surface area (Å²) in [4.78, 5) is 4.48. The molecule has 4 rings (SSSR count). The Morgan fingerprint density at radius 2 is 1.73 bits per heavy atom. The van der Waals surface area contributed by atoms with E-state index in [1.165, 1.54) is 0 Å². The molecule has 130 valence electrons. The van der Waals surface area contributed by atoms with Crippen LogP contribution < -0.4 is 4.74 Å². The Hall–Kier alpha value is -3.54. The van der Waals surface area contributed by atoms with Crippen LogP contribution in [0.3, 0.4) is 0 Å². The van der Waals surface area contributed by atoms with Gasteiger partial charge in [0.1, 0.15) is 17.2 Å². The van der Waals surface area contributed by atoms with Crippen LogP contribution in [0.4, 0.5) is 0 Å². The van der Waals surface area contributed by atoms with Crippen molar-refractivity contribution in [2.24, 2.45) is 0 Å². The second-order valence-electron chi connectivity index (χ2n) is 6.01. The zero-order chi connectivity index (χ0) is 18.3. The maximum atomic E-state index is 10.6. The van der Waals surface area contributed by atoms with E-state index in [1.54, 1.807) is 60.3 Å². The summed E-state index contributed by atoms with van der Waals surface area (Å²) in [6.07, 6.45) is 1.75. The van der Waals surface area contributed by atoms with E-state index in [-0.39, 0.29) is 11.5 Å². The highest BCUT2D eigenvalue weighted by molar-refractivity contribution is 5.85. The Labute approximate surface area is 150 Å². The first-order chi connectivity index (χ1) is 12.6. The molecule has 0 saturated carbocycles. The number of aromatic hydroxyl groups is 2. The molecule has 0 atom stereocenters. The van der Waals surface area contributed by atoms with Gasteiger partial charge in [0.15, 0.2) is 5.65 Å². The molecular formula is C20H17N3O3. The molecule has 0 unspecified atom stereocenters. The minimum Gasteiger partial charge on any atom is -0.508 e. The van der Waals surface area contributed by atoms with Crippen molar-refractivity contribution in [2.45, 2.75) is 6.92 Å². The summed E-state index contributed by atoms with van der Waals surface area (Å²) < 4.78 is 6.90. The lowest BCUT2D eigenvalue weighted by molar-refractivity contribution is 0.408. The van der Waals surface area contributed by atoms with E-state index in [4.69, 9.17) is 4.74 Å². The summed E-state index contributed by atoms with van der Waals surface area (Å²) >= 11 is 0. The molecule has 26 heavy (non-hydrogen) atoms. The number of phenols is 2. The van der Waals surface area contributed by atoms with Crippen molar-refractivity contribution in [3.63, 3.8) is 0 Å². The Morgan fingerprint density at radius 3 is 2.42 bits per heavy atom. The molecule has 6 heteroatoms. The van der Waals surface area contributed by atoms with E-state index >= 15 is 0 Å². The monoisotopic (exact) mass is 347 g/mol. The third-order valence-electron chi connectivity index (χ3n) is 4.24. The van der Waals surface area contributed by atoms with E-state index in [2.05, 4.69) is 10.1 Å². The van der Waals surface area contributed by atoms with Crippen LogP contribution in [0.15, 0.2) is 54.7 Å². The molecule has 4 aromatic rings. The molecule has 2 heterocycles. The number of hydrogen-bond acceptors (Lipinski definition) is 5. The Kier molecular flexibility index (Phi) is 3.73. The lowest BCUT2D eigenvalue weighted by Crippen LogP contribution is -2.00. The minimum atomic E-state index is 0.0880. The standard InChI is InChI=1S/C20H17N3O3/c1-12-9-19-21-11-17(13-3-5-14(24)6-4-13)20(23(19)22-12)16-8-7-15(26-2)10-18(16)25/h3-11,24-25H,1-2H3. The number of hydrogen-bond donors (Lipinski definition) is 2. The van der Waals surface area contributed by atoms with E-state index < -0.39 is 0 Å². The van der Waals surface area contributed by atoms with Crippen LogP contribution in [0.5, 0.6) is 17.2 Å². The zero-order valence-electron chi connectivity index (χ0n) is 14.3. The quantitative estimate of drug-likeness (QED) is 0.589. The highest BCUT2D eigenvalue weighted by atomic mass is 16.5. The molecule has 2 N–H and O–H groups in total. The predicted molar refractivity (Wildman–Crippen MR) is 98.5 cm³/mol. The molecule has 6 nitrogen and oxygen atoms in total. The molecule has 2 aromatic heterocycles. The number of aromatic nitrogens is 3. The van der Waals surface area contributed by atoms with Gasteiger partial charge in [0.05, 0.1) is 18.5 Å². The van der Waals surface area contributed by atoms with Crippen LogP contribution in [0.1, 0.15) is 5.69 Å². The zero-order valence-corrected chi connectivity index (χ0v) is 14.3. The summed E-state index contributed by atoms with van der Waals surface area (Å²) in [5.74, 6) is 0.843. The highest BCUT2D eigenvalue weighted by Gasteiger charge is 2.18. The summed E-state index contributed by atoms with van der Waals surface area (Å²) in [5.41, 5.74) is 4.50. The van der Waals surface area contributed by atoms with Crippen LogP contribution in [0.2, 0.25) is 0 Å². The van der Waals surface area contributed by atoms with Crippen LogP contribution in [-0.2, 0) is 0 Å². The fraction of sp³-hybridized carbons (Fsp3) is 0.100. The molecule has 0 fully saturated rings. The number of benzene rings is 2. The van der Waals surface area contributed by atoms with Gasteiger partial charge in [-0.25, -0.2) is 9.50 Å². The maximum absolute atomic E-state index is 10.6. The van der Waals surface area contributed by atoms with Crippen molar-refractivity contribution in [1.82, 2.24) is 14.6 Å². The van der Waals surface area contributed by atoms with E-state index in [0.29, 0.717) is 22.7 Å². The van der Waals surface area contributed by atoms with Gasteiger partial charge >= 0.3 is 0 Å². The first-order valence-corrected chi connectivity index (χ1v) is 8.09. The van der Waals surface area contributed by atoms with Gasteiger partial charge in [0.25, 0.3) is 0 Å². The molecule has 0 amide bonds. The van der Waals surface area contributed by atoms with E-state index in [9.17, 15) is 10.2 Å². The topological polar surface area (TPSA) is 79.9 Å². The van der Waals surface area contributed by atoms with Crippen LogP contribution in [0, 0.1) is 6.92 Å². The third-order valence-corrected chi connectivity index (χ3v) is 4.24. The van der Waals surface area contributed by atoms with Crippen LogP contribution in [0.25, 0.3) is 28.0 Å². The van der Waals surface area contributed by atoms with Gasteiger partial charge in [-0.2, -0.15) is 5.10 Å². The summed E-state index contributed by atoms with van der Waals surface area (Å²) in [5, 5.41) is 24.7. The predicted octanol–water partition coefficient (Wildman–Crippen LogP) is 3.79. The molecule has 0 bridgehead atoms. The first kappa shape index (κ1) is 16.0. The van der Waals surface area contributed by atoms with Crippen molar-refractivity contribution < 1.29 is 14.9 Å². The molecular weight excluding hydrogens is 330 g/mol. The number of aryl methyl sites for hydroxylation is 1. The van der Waals surface area contributed by atoms with Gasteiger partial charge in [-0.1, -0.05) is 12.1 Å². The molecule has 0 aliphatic carbocycles. The van der Waals surface area contributed by atoms with Gasteiger partial charge in [-0.05, 0) is 36.8 Å². The first-order valence-electron chi connectivity index (χ1n) is 8.09. The molecule has 0 saturated heterocycles. The van der Waals surface area contributed by atoms with Gasteiger partial charge in [0.2, 0.25) is 0 Å². The van der Waals surface area contributed by atoms with Crippen LogP contribution in [-0.4, -0.2) is 31.9 Å². The Balaban J connectivity index is 2.04. The van der Waals surface area contributed by atoms with E-state index in [0.717, 1.165) is 16.8 Å². The Morgan fingerprint density at radius 1 is 0.962 bits per heavy atom. The van der Waals surface area contributed by atoms with Crippen LogP contribution >= 0.6 is 0 Å². The molecule has 0 radical (unpaired) electrons.